The Morgan fingerprint density at radius 3 is 2.41 bits per heavy atom. The summed E-state index contributed by atoms with van der Waals surface area (Å²) < 4.78 is 84.1. The number of nitrogens with zero attached hydrogens (tertiary/aromatic N) is 5. The molecule has 1 aromatic carbocycles. The van der Waals surface area contributed by atoms with Crippen molar-refractivity contribution >= 4 is 15.8 Å². The zero-order chi connectivity index (χ0) is 27.9. The van der Waals surface area contributed by atoms with E-state index in [-0.39, 0.29) is 46.9 Å². The molecule has 0 amide bonds. The average molecular weight is 566 g/mol. The van der Waals surface area contributed by atoms with E-state index in [4.69, 9.17) is 4.74 Å². The van der Waals surface area contributed by atoms with Gasteiger partial charge >= 0.3 is 12.2 Å². The van der Waals surface area contributed by atoms with Crippen molar-refractivity contribution in [3.05, 3.63) is 60.1 Å². The van der Waals surface area contributed by atoms with Crippen molar-refractivity contribution < 1.29 is 35.5 Å². The molecule has 9 nitrogen and oxygen atoms in total. The molecule has 14 heteroatoms. The lowest BCUT2D eigenvalue weighted by molar-refractivity contribution is -0.154. The highest BCUT2D eigenvalue weighted by Gasteiger charge is 2.58. The summed E-state index contributed by atoms with van der Waals surface area (Å²) in [5.74, 6) is -0.550. The molecule has 0 unspecified atom stereocenters. The number of ether oxygens (including phenoxy) is 1. The number of carbonyl (C=O) groups excluding carboxylic acids is 1. The van der Waals surface area contributed by atoms with E-state index in [1.54, 1.807) is 6.92 Å². The molecule has 0 N–H and O–H groups in total. The fourth-order valence-electron chi connectivity index (χ4n) is 4.89. The number of benzene rings is 1. The lowest BCUT2D eigenvalue weighted by Gasteiger charge is -2.25. The Labute approximate surface area is 221 Å². The van der Waals surface area contributed by atoms with Crippen LogP contribution in [0.2, 0.25) is 0 Å². The molecule has 3 aliphatic rings. The first-order valence-corrected chi connectivity index (χ1v) is 13.5. The van der Waals surface area contributed by atoms with Gasteiger partial charge in [-0.3, -0.25) is 4.79 Å². The van der Waals surface area contributed by atoms with Gasteiger partial charge in [-0.1, -0.05) is 0 Å². The van der Waals surface area contributed by atoms with Crippen LogP contribution in [0.5, 0.6) is 6.01 Å². The predicted molar refractivity (Wildman–Crippen MR) is 128 cm³/mol. The van der Waals surface area contributed by atoms with Gasteiger partial charge in [-0.2, -0.15) is 22.5 Å². The van der Waals surface area contributed by atoms with Crippen LogP contribution in [-0.4, -0.2) is 63.3 Å². The Morgan fingerprint density at radius 1 is 1.10 bits per heavy atom. The summed E-state index contributed by atoms with van der Waals surface area (Å²) in [5.41, 5.74) is 0.873. The molecule has 2 aliphatic heterocycles. The predicted octanol–water partition coefficient (Wildman–Crippen LogP) is 3.68. The maximum absolute atomic E-state index is 13.3. The molecule has 39 heavy (non-hydrogen) atoms. The Hall–Kier alpha value is -3.52. The molecule has 1 atom stereocenters. The van der Waals surface area contributed by atoms with Crippen LogP contribution in [0.3, 0.4) is 0 Å². The number of Topliss-reactive ketones (excluding diaryl/α,β-unsaturated/α-hetero) is 1. The van der Waals surface area contributed by atoms with Gasteiger partial charge in [-0.05, 0) is 62.4 Å². The molecular weight excluding hydrogens is 542 g/mol. The summed E-state index contributed by atoms with van der Waals surface area (Å²) in [6.45, 7) is 0.0756. The standard InChI is InChI=1S/C25H23F4N5O4S/c1-14-30-11-16(12-31-14)21-10-18(32-24(33-21)38-13-25(27,28)29)4-7-22(35)23-15-8-19(9-15)34(23)39(36,37)20-5-2-17(26)3-6-20/h2-3,5-6,10-12,15,19,23H,4,7-9,13H2,1H3/t15?,19?,23-/m0/s1. The molecule has 4 heterocycles. The second kappa shape index (κ2) is 10.2. The first-order chi connectivity index (χ1) is 18.4. The van der Waals surface area contributed by atoms with E-state index in [2.05, 4.69) is 19.9 Å². The van der Waals surface area contributed by atoms with Gasteiger partial charge in [0.25, 0.3) is 0 Å². The van der Waals surface area contributed by atoms with Gasteiger partial charge in [-0.15, -0.1) is 0 Å². The van der Waals surface area contributed by atoms with Crippen LogP contribution < -0.4 is 4.74 Å². The van der Waals surface area contributed by atoms with Crippen molar-refractivity contribution in [2.45, 2.75) is 55.8 Å². The van der Waals surface area contributed by atoms with Crippen LogP contribution in [-0.2, 0) is 21.2 Å². The van der Waals surface area contributed by atoms with Gasteiger partial charge in [0.2, 0.25) is 10.0 Å². The zero-order valence-electron chi connectivity index (χ0n) is 20.6. The highest BCUT2D eigenvalue weighted by molar-refractivity contribution is 7.89. The number of halogens is 4. The lowest BCUT2D eigenvalue weighted by Crippen LogP contribution is -2.41. The van der Waals surface area contributed by atoms with Crippen molar-refractivity contribution in [2.24, 2.45) is 5.92 Å². The van der Waals surface area contributed by atoms with Crippen LogP contribution in [0.25, 0.3) is 11.3 Å². The maximum Gasteiger partial charge on any atom is 0.422 e. The van der Waals surface area contributed by atoms with Crippen molar-refractivity contribution in [1.82, 2.24) is 24.2 Å². The molecular formula is C25H23F4N5O4S. The lowest BCUT2D eigenvalue weighted by atomic mass is 9.81. The minimum Gasteiger partial charge on any atom is -0.454 e. The van der Waals surface area contributed by atoms with Crippen LogP contribution in [0.15, 0.2) is 47.6 Å². The molecule has 1 aliphatic carbocycles. The van der Waals surface area contributed by atoms with E-state index in [0.29, 0.717) is 24.2 Å². The second-order valence-corrected chi connectivity index (χ2v) is 11.4. The molecule has 2 saturated heterocycles. The number of alkyl halides is 3. The molecule has 2 bridgehead atoms. The Balaban J connectivity index is 1.36. The third-order valence-corrected chi connectivity index (χ3v) is 8.73. The Kier molecular flexibility index (Phi) is 7.10. The number of fused-ring (bicyclic) bond motifs is 1. The normalized spacial score (nSPS) is 21.0. The first kappa shape index (κ1) is 27.1. The summed E-state index contributed by atoms with van der Waals surface area (Å²) in [4.78, 5) is 29.4. The van der Waals surface area contributed by atoms with Gasteiger partial charge in [0.05, 0.1) is 16.6 Å². The second-order valence-electron chi connectivity index (χ2n) is 9.54. The number of ketones is 1. The van der Waals surface area contributed by atoms with Gasteiger partial charge in [0.15, 0.2) is 12.4 Å². The first-order valence-electron chi connectivity index (χ1n) is 12.1. The zero-order valence-corrected chi connectivity index (χ0v) is 21.4. The fourth-order valence-corrected chi connectivity index (χ4v) is 6.77. The van der Waals surface area contributed by atoms with Gasteiger partial charge in [-0.25, -0.2) is 27.8 Å². The van der Waals surface area contributed by atoms with Gasteiger partial charge in [0, 0.05) is 36.1 Å². The largest absolute Gasteiger partial charge is 0.454 e. The minimum absolute atomic E-state index is 0.0156. The summed E-state index contributed by atoms with van der Waals surface area (Å²) >= 11 is 0. The van der Waals surface area contributed by atoms with Crippen molar-refractivity contribution in [2.75, 3.05) is 6.61 Å². The van der Waals surface area contributed by atoms with E-state index >= 15 is 0 Å². The van der Waals surface area contributed by atoms with Crippen LogP contribution in [0, 0.1) is 18.7 Å². The van der Waals surface area contributed by atoms with E-state index in [1.165, 1.54) is 34.9 Å². The van der Waals surface area contributed by atoms with Crippen LogP contribution in [0.4, 0.5) is 17.6 Å². The SMILES string of the molecule is Cc1ncc(-c2cc(CCC(=O)[C@@H]3C4CC(C4)N3S(=O)(=O)c3ccc(F)cc3)nc(OCC(F)(F)F)n2)cn1. The number of hydrogen-bond acceptors (Lipinski definition) is 8. The highest BCUT2D eigenvalue weighted by atomic mass is 32.2. The molecule has 3 fully saturated rings. The molecule has 0 radical (unpaired) electrons. The van der Waals surface area contributed by atoms with E-state index in [0.717, 1.165) is 12.1 Å². The Morgan fingerprint density at radius 2 is 1.77 bits per heavy atom. The van der Waals surface area contributed by atoms with E-state index in [9.17, 15) is 30.8 Å². The monoisotopic (exact) mass is 565 g/mol. The quantitative estimate of drug-likeness (QED) is 0.361. The van der Waals surface area contributed by atoms with Crippen molar-refractivity contribution in [3.8, 4) is 17.3 Å². The van der Waals surface area contributed by atoms with Crippen LogP contribution in [0.1, 0.15) is 30.8 Å². The third-order valence-electron chi connectivity index (χ3n) is 6.78. The number of carbonyl (C=O) groups is 1. The molecule has 1 saturated carbocycles. The maximum atomic E-state index is 13.3. The molecule has 6 rings (SSSR count). The summed E-state index contributed by atoms with van der Waals surface area (Å²) in [7, 11) is -4.03. The van der Waals surface area contributed by atoms with Crippen molar-refractivity contribution in [1.29, 1.82) is 0 Å². The number of rotatable bonds is 9. The molecule has 0 spiro atoms. The van der Waals surface area contributed by atoms with Gasteiger partial charge < -0.3 is 4.74 Å². The summed E-state index contributed by atoms with van der Waals surface area (Å²) in [6, 6.07) is 4.23. The van der Waals surface area contributed by atoms with Gasteiger partial charge in [0.1, 0.15) is 11.6 Å². The van der Waals surface area contributed by atoms with Crippen molar-refractivity contribution in [3.63, 3.8) is 0 Å². The van der Waals surface area contributed by atoms with E-state index in [1.807, 2.05) is 0 Å². The van der Waals surface area contributed by atoms with Crippen LogP contribution >= 0.6 is 0 Å². The average Bonchev–Trinajstić information content (AvgIpc) is 3.44. The number of aryl methyl sites for hydroxylation is 2. The molecule has 206 valence electrons. The smallest absolute Gasteiger partial charge is 0.422 e. The summed E-state index contributed by atoms with van der Waals surface area (Å²) in [5, 5.41) is 0. The number of hydrogen-bond donors (Lipinski definition) is 0. The van der Waals surface area contributed by atoms with E-state index < -0.39 is 40.7 Å². The molecule has 3 aromatic rings. The number of sulfonamides is 1. The Bertz CT molecular complexity index is 1480. The topological polar surface area (TPSA) is 115 Å². The fraction of sp³-hybridized carbons (Fsp3) is 0.400. The summed E-state index contributed by atoms with van der Waals surface area (Å²) in [6.07, 6.45) is -0.682. The number of aromatic nitrogens is 4. The molecule has 2 aromatic heterocycles. The third kappa shape index (κ3) is 5.76. The highest BCUT2D eigenvalue weighted by Crippen LogP contribution is 2.49. The minimum atomic E-state index is -4.61.